The van der Waals surface area contributed by atoms with E-state index in [-0.39, 0.29) is 28.5 Å². The Morgan fingerprint density at radius 3 is 2.08 bits per heavy atom. The van der Waals surface area contributed by atoms with E-state index in [9.17, 15) is 39.6 Å². The van der Waals surface area contributed by atoms with Gasteiger partial charge in [-0.05, 0) is 55.7 Å². The summed E-state index contributed by atoms with van der Waals surface area (Å²) in [5.74, 6) is -6.11. The molecule has 38 heavy (non-hydrogen) atoms. The van der Waals surface area contributed by atoms with E-state index < -0.39 is 68.3 Å². The van der Waals surface area contributed by atoms with Crippen LogP contribution in [0.4, 0.5) is 30.7 Å². The number of carbonyl (C=O) groups excluding carboxylic acids is 1. The number of aryl methyl sites for hydroxylation is 2. The zero-order chi connectivity index (χ0) is 29.2. The van der Waals surface area contributed by atoms with Gasteiger partial charge in [0.05, 0.1) is 16.9 Å². The normalized spacial score (nSPS) is 14.8. The molecule has 0 bridgehead atoms. The standard InChI is InChI=1S/C25H25ClF7NO3S/c1-5-38(36,37)12-15(4)34-23(35)18-7-6-16(10-20(18)25(31,32)33)21(27)11-19(24(28,29)30)17-8-13(2)22(26)14(3)9-17/h6-11,15,19H,5,12H2,1-4H3,(H,34,35)/b21-11-. The summed E-state index contributed by atoms with van der Waals surface area (Å²) in [7, 11) is -3.55. The van der Waals surface area contributed by atoms with Crippen LogP contribution in [0.25, 0.3) is 5.83 Å². The summed E-state index contributed by atoms with van der Waals surface area (Å²) in [6.45, 7) is 5.58. The van der Waals surface area contributed by atoms with Gasteiger partial charge in [0.1, 0.15) is 11.7 Å². The Labute approximate surface area is 220 Å². The Kier molecular flexibility index (Phi) is 9.69. The molecule has 1 amide bonds. The van der Waals surface area contributed by atoms with E-state index >= 15 is 4.39 Å². The predicted molar refractivity (Wildman–Crippen MR) is 132 cm³/mol. The summed E-state index contributed by atoms with van der Waals surface area (Å²) in [4.78, 5) is 12.5. The number of sulfone groups is 1. The van der Waals surface area contributed by atoms with Gasteiger partial charge in [-0.15, -0.1) is 0 Å². The quantitative estimate of drug-likeness (QED) is 0.333. The molecule has 2 rings (SSSR count). The first-order valence-electron chi connectivity index (χ1n) is 11.2. The van der Waals surface area contributed by atoms with Crippen molar-refractivity contribution in [1.29, 1.82) is 0 Å². The van der Waals surface area contributed by atoms with Crippen molar-refractivity contribution in [1.82, 2.24) is 5.32 Å². The van der Waals surface area contributed by atoms with Crippen molar-refractivity contribution in [2.45, 2.75) is 52.0 Å². The predicted octanol–water partition coefficient (Wildman–Crippen LogP) is 7.19. The Bertz CT molecular complexity index is 1310. The molecule has 0 aliphatic heterocycles. The summed E-state index contributed by atoms with van der Waals surface area (Å²) in [6.07, 6.45) is -9.99. The average molecular weight is 588 g/mol. The average Bonchev–Trinajstić information content (AvgIpc) is 2.78. The molecular weight excluding hydrogens is 563 g/mol. The van der Waals surface area contributed by atoms with E-state index in [1.54, 1.807) is 0 Å². The second-order valence-corrected chi connectivity index (χ2v) is 11.6. The van der Waals surface area contributed by atoms with Gasteiger partial charge in [-0.3, -0.25) is 4.79 Å². The molecule has 0 aliphatic rings. The molecule has 0 saturated heterocycles. The Hall–Kier alpha value is -2.60. The third-order valence-corrected chi connectivity index (χ3v) is 8.13. The molecule has 210 valence electrons. The fourth-order valence-electron chi connectivity index (χ4n) is 3.75. The molecule has 2 aromatic rings. The molecule has 13 heteroatoms. The molecule has 0 radical (unpaired) electrons. The maximum atomic E-state index is 15.0. The van der Waals surface area contributed by atoms with Crippen molar-refractivity contribution in [3.63, 3.8) is 0 Å². The molecule has 2 atom stereocenters. The first-order chi connectivity index (χ1) is 17.3. The minimum Gasteiger partial charge on any atom is -0.349 e. The monoisotopic (exact) mass is 587 g/mol. The summed E-state index contributed by atoms with van der Waals surface area (Å²) >= 11 is 6.00. The van der Waals surface area contributed by atoms with Crippen LogP contribution in [0, 0.1) is 13.8 Å². The van der Waals surface area contributed by atoms with E-state index in [0.717, 1.165) is 18.2 Å². The lowest BCUT2D eigenvalue weighted by Gasteiger charge is -2.20. The highest BCUT2D eigenvalue weighted by atomic mass is 35.5. The van der Waals surface area contributed by atoms with Crippen molar-refractivity contribution < 1.29 is 43.9 Å². The van der Waals surface area contributed by atoms with E-state index in [1.807, 2.05) is 0 Å². The fourth-order valence-corrected chi connectivity index (χ4v) is 4.94. The van der Waals surface area contributed by atoms with E-state index in [2.05, 4.69) is 5.32 Å². The second-order valence-electron chi connectivity index (χ2n) is 8.83. The first-order valence-corrected chi connectivity index (χ1v) is 13.4. The number of allylic oxidation sites excluding steroid dienone is 1. The van der Waals surface area contributed by atoms with Gasteiger partial charge in [0.15, 0.2) is 9.84 Å². The van der Waals surface area contributed by atoms with Gasteiger partial charge < -0.3 is 5.32 Å². The largest absolute Gasteiger partial charge is 0.417 e. The van der Waals surface area contributed by atoms with Crippen LogP contribution in [0.1, 0.15) is 57.9 Å². The van der Waals surface area contributed by atoms with Crippen molar-refractivity contribution >= 4 is 33.2 Å². The molecule has 0 aromatic heterocycles. The highest BCUT2D eigenvalue weighted by Crippen LogP contribution is 2.41. The van der Waals surface area contributed by atoms with E-state index in [1.165, 1.54) is 27.7 Å². The van der Waals surface area contributed by atoms with Crippen LogP contribution in [-0.2, 0) is 16.0 Å². The minimum absolute atomic E-state index is 0.162. The molecule has 4 nitrogen and oxygen atoms in total. The zero-order valence-corrected chi connectivity index (χ0v) is 22.3. The van der Waals surface area contributed by atoms with Gasteiger partial charge in [0.2, 0.25) is 0 Å². The smallest absolute Gasteiger partial charge is 0.349 e. The van der Waals surface area contributed by atoms with Crippen molar-refractivity contribution in [2.75, 3.05) is 11.5 Å². The van der Waals surface area contributed by atoms with Crippen molar-refractivity contribution in [3.8, 4) is 0 Å². The Morgan fingerprint density at radius 2 is 1.61 bits per heavy atom. The molecule has 0 spiro atoms. The molecule has 0 fully saturated rings. The summed E-state index contributed by atoms with van der Waals surface area (Å²) in [5, 5.41) is 2.38. The minimum atomic E-state index is -5.17. The number of hydrogen-bond donors (Lipinski definition) is 1. The summed E-state index contributed by atoms with van der Waals surface area (Å²) in [6, 6.07) is 2.80. The van der Waals surface area contributed by atoms with Crippen LogP contribution in [0.2, 0.25) is 5.02 Å². The van der Waals surface area contributed by atoms with E-state index in [4.69, 9.17) is 11.6 Å². The maximum absolute atomic E-state index is 15.0. The number of carbonyl (C=O) groups is 1. The van der Waals surface area contributed by atoms with Gasteiger partial charge in [-0.25, -0.2) is 12.8 Å². The van der Waals surface area contributed by atoms with Gasteiger partial charge in [-0.1, -0.05) is 36.7 Å². The number of hydrogen-bond acceptors (Lipinski definition) is 3. The SMILES string of the molecule is CCS(=O)(=O)CC(C)NC(=O)c1ccc(/C(F)=C/C(c2cc(C)c(Cl)c(C)c2)C(F)(F)F)cc1C(F)(F)F. The second kappa shape index (κ2) is 11.6. The highest BCUT2D eigenvalue weighted by Gasteiger charge is 2.41. The van der Waals surface area contributed by atoms with Crippen LogP contribution >= 0.6 is 11.6 Å². The molecule has 1 N–H and O–H groups in total. The topological polar surface area (TPSA) is 63.2 Å². The Morgan fingerprint density at radius 1 is 1.05 bits per heavy atom. The number of nitrogens with one attached hydrogen (secondary N) is 1. The molecule has 0 aliphatic carbocycles. The van der Waals surface area contributed by atoms with Crippen LogP contribution in [0.3, 0.4) is 0 Å². The lowest BCUT2D eigenvalue weighted by molar-refractivity contribution is -0.140. The molecule has 0 saturated carbocycles. The fraction of sp³-hybridized carbons (Fsp3) is 0.400. The number of rotatable bonds is 8. The zero-order valence-electron chi connectivity index (χ0n) is 20.7. The van der Waals surface area contributed by atoms with Crippen LogP contribution in [0.5, 0.6) is 0 Å². The lowest BCUT2D eigenvalue weighted by Crippen LogP contribution is -2.38. The lowest BCUT2D eigenvalue weighted by atomic mass is 9.93. The highest BCUT2D eigenvalue weighted by molar-refractivity contribution is 7.91. The molecular formula is C25H25ClF7NO3S. The van der Waals surface area contributed by atoms with Gasteiger partial charge in [-0.2, -0.15) is 26.3 Å². The van der Waals surface area contributed by atoms with Crippen LogP contribution in [-0.4, -0.2) is 38.0 Å². The van der Waals surface area contributed by atoms with Gasteiger partial charge in [0, 0.05) is 22.4 Å². The summed E-state index contributed by atoms with van der Waals surface area (Å²) in [5.41, 5.74) is -3.10. The summed E-state index contributed by atoms with van der Waals surface area (Å²) < 4.78 is 121. The van der Waals surface area contributed by atoms with Crippen molar-refractivity contribution in [2.24, 2.45) is 0 Å². The first kappa shape index (κ1) is 31.6. The van der Waals surface area contributed by atoms with Crippen LogP contribution < -0.4 is 5.32 Å². The van der Waals surface area contributed by atoms with Gasteiger partial charge in [0.25, 0.3) is 5.91 Å². The van der Waals surface area contributed by atoms with Crippen LogP contribution in [0.15, 0.2) is 36.4 Å². The third-order valence-electron chi connectivity index (χ3n) is 5.65. The molecule has 2 unspecified atom stereocenters. The maximum Gasteiger partial charge on any atom is 0.417 e. The number of alkyl halides is 6. The third kappa shape index (κ3) is 7.95. The molecule has 0 heterocycles. The molecule has 2 aromatic carbocycles. The van der Waals surface area contributed by atoms with E-state index in [0.29, 0.717) is 17.2 Å². The van der Waals surface area contributed by atoms with Gasteiger partial charge >= 0.3 is 12.4 Å². The number of halogens is 8. The number of benzene rings is 2. The number of amides is 1. The Balaban J connectivity index is 2.52. The van der Waals surface area contributed by atoms with Crippen molar-refractivity contribution in [3.05, 3.63) is 74.8 Å².